The molecule has 0 radical (unpaired) electrons. The van der Waals surface area contributed by atoms with E-state index in [1.54, 1.807) is 6.07 Å². The fourth-order valence-electron chi connectivity index (χ4n) is 2.42. The van der Waals surface area contributed by atoms with Crippen molar-refractivity contribution in [2.24, 2.45) is 5.41 Å². The van der Waals surface area contributed by atoms with Gasteiger partial charge in [-0.1, -0.05) is 13.3 Å². The van der Waals surface area contributed by atoms with Crippen molar-refractivity contribution >= 4 is 34.0 Å². The Morgan fingerprint density at radius 2 is 2.22 bits per heavy atom. The van der Waals surface area contributed by atoms with Crippen LogP contribution in [0.5, 0.6) is 0 Å². The minimum Gasteiger partial charge on any atom is -0.379 e. The standard InChI is InChI=1S/C13H17IN2O2/c1-2-13(6-3-7-13)9-15-11-5-4-10(14)8-12(11)16(17)18/h4-5,8,15H,2-3,6-7,9H2,1H3. The Bertz CT molecular complexity index is 453. The molecule has 1 aliphatic carbocycles. The molecule has 0 saturated heterocycles. The van der Waals surface area contributed by atoms with Crippen LogP contribution in [0, 0.1) is 19.1 Å². The monoisotopic (exact) mass is 360 g/mol. The second kappa shape index (κ2) is 5.42. The van der Waals surface area contributed by atoms with E-state index in [0.29, 0.717) is 11.1 Å². The number of hydrogen-bond donors (Lipinski definition) is 1. The fourth-order valence-corrected chi connectivity index (χ4v) is 2.89. The van der Waals surface area contributed by atoms with E-state index in [-0.39, 0.29) is 10.6 Å². The lowest BCUT2D eigenvalue weighted by Crippen LogP contribution is -2.35. The number of nitrogens with zero attached hydrogens (tertiary/aromatic N) is 1. The Hall–Kier alpha value is -0.850. The van der Waals surface area contributed by atoms with Crippen LogP contribution in [0.2, 0.25) is 0 Å². The molecule has 1 fully saturated rings. The first-order valence-electron chi connectivity index (χ1n) is 6.24. The number of rotatable bonds is 5. The van der Waals surface area contributed by atoms with E-state index in [1.807, 2.05) is 12.1 Å². The van der Waals surface area contributed by atoms with E-state index < -0.39 is 0 Å². The summed E-state index contributed by atoms with van der Waals surface area (Å²) in [5.74, 6) is 0. The van der Waals surface area contributed by atoms with Crippen LogP contribution in [0.15, 0.2) is 18.2 Å². The Balaban J connectivity index is 2.11. The molecule has 0 spiro atoms. The van der Waals surface area contributed by atoms with Crippen LogP contribution in [0.4, 0.5) is 11.4 Å². The van der Waals surface area contributed by atoms with Gasteiger partial charge in [-0.15, -0.1) is 0 Å². The minimum absolute atomic E-state index is 0.174. The van der Waals surface area contributed by atoms with Crippen LogP contribution in [-0.4, -0.2) is 11.5 Å². The topological polar surface area (TPSA) is 55.2 Å². The molecule has 4 nitrogen and oxygen atoms in total. The fraction of sp³-hybridized carbons (Fsp3) is 0.538. The lowest BCUT2D eigenvalue weighted by Gasteiger charge is -2.41. The van der Waals surface area contributed by atoms with Gasteiger partial charge in [0.1, 0.15) is 5.69 Å². The van der Waals surface area contributed by atoms with Gasteiger partial charge in [-0.3, -0.25) is 10.1 Å². The molecule has 0 heterocycles. The summed E-state index contributed by atoms with van der Waals surface area (Å²) < 4.78 is 0.888. The summed E-state index contributed by atoms with van der Waals surface area (Å²) >= 11 is 2.09. The van der Waals surface area contributed by atoms with Crippen molar-refractivity contribution in [2.75, 3.05) is 11.9 Å². The Morgan fingerprint density at radius 1 is 1.50 bits per heavy atom. The molecule has 0 atom stereocenters. The first-order valence-corrected chi connectivity index (χ1v) is 7.32. The normalized spacial score (nSPS) is 17.0. The summed E-state index contributed by atoms with van der Waals surface area (Å²) in [4.78, 5) is 10.7. The summed E-state index contributed by atoms with van der Waals surface area (Å²) in [5.41, 5.74) is 1.17. The molecule has 0 bridgehead atoms. The second-order valence-corrected chi connectivity index (χ2v) is 6.22. The van der Waals surface area contributed by atoms with Crippen molar-refractivity contribution in [3.63, 3.8) is 0 Å². The molecule has 98 valence electrons. The zero-order valence-corrected chi connectivity index (χ0v) is 12.6. The van der Waals surface area contributed by atoms with Crippen molar-refractivity contribution in [1.29, 1.82) is 0 Å². The molecule has 0 amide bonds. The predicted molar refractivity (Wildman–Crippen MR) is 80.9 cm³/mol. The van der Waals surface area contributed by atoms with Crippen molar-refractivity contribution in [3.05, 3.63) is 31.9 Å². The molecule has 1 aromatic carbocycles. The molecule has 0 aliphatic heterocycles. The highest BCUT2D eigenvalue weighted by Gasteiger charge is 2.35. The van der Waals surface area contributed by atoms with Crippen molar-refractivity contribution in [2.45, 2.75) is 32.6 Å². The largest absolute Gasteiger partial charge is 0.379 e. The van der Waals surface area contributed by atoms with E-state index in [9.17, 15) is 10.1 Å². The first kappa shape index (κ1) is 13.6. The molecule has 1 N–H and O–H groups in total. The van der Waals surface area contributed by atoms with Gasteiger partial charge in [-0.2, -0.15) is 0 Å². The van der Waals surface area contributed by atoms with Gasteiger partial charge in [0.2, 0.25) is 0 Å². The SMILES string of the molecule is CCC1(CNc2ccc(I)cc2[N+](=O)[O-])CCC1. The van der Waals surface area contributed by atoms with Gasteiger partial charge in [0, 0.05) is 16.2 Å². The number of anilines is 1. The summed E-state index contributed by atoms with van der Waals surface area (Å²) in [7, 11) is 0. The Labute approximate surface area is 120 Å². The van der Waals surface area contributed by atoms with E-state index >= 15 is 0 Å². The summed E-state index contributed by atoms with van der Waals surface area (Å²) in [5, 5.41) is 14.3. The highest BCUT2D eigenvalue weighted by atomic mass is 127. The first-order chi connectivity index (χ1) is 8.56. The number of benzene rings is 1. The quantitative estimate of drug-likeness (QED) is 0.487. The van der Waals surface area contributed by atoms with Crippen molar-refractivity contribution in [3.8, 4) is 0 Å². The molecule has 1 aromatic rings. The minimum atomic E-state index is -0.316. The second-order valence-electron chi connectivity index (χ2n) is 4.98. The van der Waals surface area contributed by atoms with Gasteiger partial charge in [0.05, 0.1) is 4.92 Å². The number of nitro benzene ring substituents is 1. The molecular weight excluding hydrogens is 343 g/mol. The van der Waals surface area contributed by atoms with Gasteiger partial charge in [-0.25, -0.2) is 0 Å². The third kappa shape index (κ3) is 2.76. The smallest absolute Gasteiger partial charge is 0.293 e. The predicted octanol–water partition coefficient (Wildman–Crippen LogP) is 4.19. The van der Waals surface area contributed by atoms with Crippen LogP contribution >= 0.6 is 22.6 Å². The molecule has 1 aliphatic rings. The number of hydrogen-bond acceptors (Lipinski definition) is 3. The van der Waals surface area contributed by atoms with E-state index in [0.717, 1.165) is 16.5 Å². The molecule has 18 heavy (non-hydrogen) atoms. The zero-order valence-electron chi connectivity index (χ0n) is 10.4. The van der Waals surface area contributed by atoms with Gasteiger partial charge in [0.25, 0.3) is 5.69 Å². The Kier molecular flexibility index (Phi) is 4.09. The van der Waals surface area contributed by atoms with Crippen LogP contribution in [0.3, 0.4) is 0 Å². The number of nitrogens with one attached hydrogen (secondary N) is 1. The highest BCUT2D eigenvalue weighted by molar-refractivity contribution is 14.1. The number of halogens is 1. The lowest BCUT2D eigenvalue weighted by molar-refractivity contribution is -0.384. The van der Waals surface area contributed by atoms with Crippen LogP contribution in [-0.2, 0) is 0 Å². The van der Waals surface area contributed by atoms with Gasteiger partial charge in [-0.05, 0) is 59.4 Å². The average Bonchev–Trinajstić information content (AvgIpc) is 2.29. The van der Waals surface area contributed by atoms with Crippen molar-refractivity contribution < 1.29 is 4.92 Å². The lowest BCUT2D eigenvalue weighted by atomic mass is 9.67. The average molecular weight is 360 g/mol. The zero-order chi connectivity index (χ0) is 13.2. The highest BCUT2D eigenvalue weighted by Crippen LogP contribution is 2.44. The molecule has 0 aromatic heterocycles. The van der Waals surface area contributed by atoms with Gasteiger partial charge in [0.15, 0.2) is 0 Å². The Morgan fingerprint density at radius 3 is 2.72 bits per heavy atom. The molecule has 0 unspecified atom stereocenters. The van der Waals surface area contributed by atoms with Crippen molar-refractivity contribution in [1.82, 2.24) is 0 Å². The summed E-state index contributed by atoms with van der Waals surface area (Å²) in [6, 6.07) is 5.32. The molecular formula is C13H17IN2O2. The third-order valence-electron chi connectivity index (χ3n) is 3.97. The molecule has 1 saturated carbocycles. The maximum absolute atomic E-state index is 11.0. The van der Waals surface area contributed by atoms with E-state index in [4.69, 9.17) is 0 Å². The summed E-state index contributed by atoms with van der Waals surface area (Å²) in [6.45, 7) is 3.04. The van der Waals surface area contributed by atoms with Crippen LogP contribution < -0.4 is 5.32 Å². The van der Waals surface area contributed by atoms with E-state index in [2.05, 4.69) is 34.8 Å². The van der Waals surface area contributed by atoms with E-state index in [1.165, 1.54) is 19.3 Å². The van der Waals surface area contributed by atoms with Crippen LogP contribution in [0.1, 0.15) is 32.6 Å². The number of nitro groups is 1. The molecule has 5 heteroatoms. The van der Waals surface area contributed by atoms with Gasteiger partial charge >= 0.3 is 0 Å². The summed E-state index contributed by atoms with van der Waals surface area (Å²) in [6.07, 6.45) is 4.88. The molecule has 2 rings (SSSR count). The third-order valence-corrected chi connectivity index (χ3v) is 4.65. The maximum Gasteiger partial charge on any atom is 0.293 e. The van der Waals surface area contributed by atoms with Crippen LogP contribution in [0.25, 0.3) is 0 Å². The van der Waals surface area contributed by atoms with Gasteiger partial charge < -0.3 is 5.32 Å². The maximum atomic E-state index is 11.0.